The Morgan fingerprint density at radius 2 is 1.25 bits per heavy atom. The Kier molecular flexibility index (Phi) is 5.43. The number of ketones is 1. The molecule has 0 bridgehead atoms. The van der Waals surface area contributed by atoms with Crippen molar-refractivity contribution in [2.45, 2.75) is 43.7 Å². The molecule has 32 heavy (non-hydrogen) atoms. The Bertz CT molecular complexity index is 968. The Labute approximate surface area is 187 Å². The molecule has 2 heterocycles. The zero-order valence-corrected chi connectivity index (χ0v) is 18.1. The third-order valence-electron chi connectivity index (χ3n) is 5.95. The molecule has 0 spiro atoms. The summed E-state index contributed by atoms with van der Waals surface area (Å²) >= 11 is 0. The average Bonchev–Trinajstić information content (AvgIpc) is 3.28. The minimum absolute atomic E-state index is 0.0671. The summed E-state index contributed by atoms with van der Waals surface area (Å²) in [5.41, 5.74) is 2.00. The van der Waals surface area contributed by atoms with Crippen LogP contribution in [0.1, 0.15) is 30.5 Å². The first-order valence-corrected chi connectivity index (χ1v) is 10.8. The smallest absolute Gasteiger partial charge is 0.198 e. The Hall–Kier alpha value is -2.83. The predicted octanol–water partition coefficient (Wildman–Crippen LogP) is 4.44. The molecule has 0 amide bonds. The van der Waals surface area contributed by atoms with Crippen molar-refractivity contribution in [2.24, 2.45) is 0 Å². The first-order valence-electron chi connectivity index (χ1n) is 10.8. The molecular formula is C27H26O5. The number of hydrogen-bond acceptors (Lipinski definition) is 5. The molecule has 5 rings (SSSR count). The van der Waals surface area contributed by atoms with E-state index in [-0.39, 0.29) is 12.4 Å². The summed E-state index contributed by atoms with van der Waals surface area (Å²) in [7, 11) is 0. The molecule has 0 unspecified atom stereocenters. The molecule has 5 heteroatoms. The quantitative estimate of drug-likeness (QED) is 0.541. The zero-order valence-electron chi connectivity index (χ0n) is 18.1. The van der Waals surface area contributed by atoms with Crippen LogP contribution in [0.2, 0.25) is 0 Å². The second-order valence-corrected chi connectivity index (χ2v) is 8.54. The lowest BCUT2D eigenvalue weighted by molar-refractivity contribution is -0.211. The largest absolute Gasteiger partial charge is 0.358 e. The minimum atomic E-state index is -0.911. The van der Waals surface area contributed by atoms with Crippen LogP contribution >= 0.6 is 0 Å². The lowest BCUT2D eigenvalue weighted by Crippen LogP contribution is -2.38. The molecule has 2 aliphatic heterocycles. The molecule has 2 saturated heterocycles. The second kappa shape index (κ2) is 8.26. The average molecular weight is 431 g/mol. The summed E-state index contributed by atoms with van der Waals surface area (Å²) in [6.07, 6.45) is -2.19. The van der Waals surface area contributed by atoms with E-state index in [4.69, 9.17) is 18.9 Å². The van der Waals surface area contributed by atoms with E-state index in [1.807, 2.05) is 91.0 Å². The fraction of sp³-hybridized carbons (Fsp3) is 0.296. The lowest BCUT2D eigenvalue weighted by atomic mass is 9.80. The van der Waals surface area contributed by atoms with Gasteiger partial charge < -0.3 is 18.9 Å². The van der Waals surface area contributed by atoms with Crippen LogP contribution in [0.5, 0.6) is 0 Å². The molecule has 164 valence electrons. The van der Waals surface area contributed by atoms with E-state index in [1.165, 1.54) is 0 Å². The van der Waals surface area contributed by atoms with Gasteiger partial charge in [-0.1, -0.05) is 91.0 Å². The number of Topliss-reactive ketones (excluding diaryl/α,β-unsaturated/α-hetero) is 1. The van der Waals surface area contributed by atoms with E-state index in [1.54, 1.807) is 13.8 Å². The van der Waals surface area contributed by atoms with Gasteiger partial charge in [0.05, 0.1) is 6.61 Å². The summed E-state index contributed by atoms with van der Waals surface area (Å²) in [5.74, 6) is -0.984. The van der Waals surface area contributed by atoms with Gasteiger partial charge in [-0.05, 0) is 30.5 Å². The van der Waals surface area contributed by atoms with E-state index in [0.29, 0.717) is 0 Å². The van der Waals surface area contributed by atoms with Gasteiger partial charge in [0.15, 0.2) is 24.0 Å². The van der Waals surface area contributed by atoms with Gasteiger partial charge in [0, 0.05) is 0 Å². The maximum Gasteiger partial charge on any atom is 0.198 e. The molecule has 3 aromatic rings. The topological polar surface area (TPSA) is 54.0 Å². The third-order valence-corrected chi connectivity index (χ3v) is 5.95. The number of rotatable bonds is 6. The highest BCUT2D eigenvalue weighted by Gasteiger charge is 2.55. The molecule has 0 radical (unpaired) electrons. The van der Waals surface area contributed by atoms with Crippen molar-refractivity contribution < 1.29 is 23.7 Å². The van der Waals surface area contributed by atoms with Crippen molar-refractivity contribution in [3.8, 4) is 0 Å². The summed E-state index contributed by atoms with van der Waals surface area (Å²) < 4.78 is 24.1. The molecule has 5 nitrogen and oxygen atoms in total. The van der Waals surface area contributed by atoms with Gasteiger partial charge in [0.25, 0.3) is 0 Å². The Morgan fingerprint density at radius 3 is 1.69 bits per heavy atom. The second-order valence-electron chi connectivity index (χ2n) is 8.54. The zero-order chi connectivity index (χ0) is 22.2. The van der Waals surface area contributed by atoms with Crippen molar-refractivity contribution in [3.05, 3.63) is 108 Å². The fourth-order valence-corrected chi connectivity index (χ4v) is 4.52. The molecule has 0 saturated carbocycles. The van der Waals surface area contributed by atoms with Crippen LogP contribution in [0.15, 0.2) is 91.0 Å². The number of hydrogen-bond donors (Lipinski definition) is 0. The van der Waals surface area contributed by atoms with Crippen molar-refractivity contribution in [2.75, 3.05) is 6.61 Å². The summed E-state index contributed by atoms with van der Waals surface area (Å²) in [4.78, 5) is 13.0. The van der Waals surface area contributed by atoms with E-state index in [9.17, 15) is 4.79 Å². The van der Waals surface area contributed by atoms with E-state index < -0.39 is 29.9 Å². The molecule has 2 fully saturated rings. The van der Waals surface area contributed by atoms with Gasteiger partial charge in [0.2, 0.25) is 0 Å². The Morgan fingerprint density at radius 1 is 0.781 bits per heavy atom. The first kappa shape index (κ1) is 21.0. The first-order chi connectivity index (χ1) is 15.5. The van der Waals surface area contributed by atoms with Gasteiger partial charge in [-0.25, -0.2) is 0 Å². The van der Waals surface area contributed by atoms with Crippen LogP contribution in [-0.2, 0) is 29.3 Å². The van der Waals surface area contributed by atoms with Crippen LogP contribution in [0.3, 0.4) is 0 Å². The lowest BCUT2D eigenvalue weighted by Gasteiger charge is -2.36. The highest BCUT2D eigenvalue weighted by molar-refractivity contribution is 5.90. The highest BCUT2D eigenvalue weighted by atomic mass is 16.8. The summed E-state index contributed by atoms with van der Waals surface area (Å²) in [6.45, 7) is 3.62. The fourth-order valence-electron chi connectivity index (χ4n) is 4.52. The van der Waals surface area contributed by atoms with Gasteiger partial charge in [-0.3, -0.25) is 4.79 Å². The number of ether oxygens (including phenoxy) is 4. The predicted molar refractivity (Wildman–Crippen MR) is 119 cm³/mol. The highest BCUT2D eigenvalue weighted by Crippen LogP contribution is 2.42. The van der Waals surface area contributed by atoms with Crippen molar-refractivity contribution in [1.29, 1.82) is 0 Å². The molecule has 3 aromatic carbocycles. The monoisotopic (exact) mass is 430 g/mol. The normalized spacial score (nSPS) is 24.4. The van der Waals surface area contributed by atoms with Crippen LogP contribution in [0, 0.1) is 0 Å². The van der Waals surface area contributed by atoms with Crippen molar-refractivity contribution in [1.82, 2.24) is 0 Å². The number of benzene rings is 3. The third kappa shape index (κ3) is 3.67. The van der Waals surface area contributed by atoms with E-state index >= 15 is 0 Å². The van der Waals surface area contributed by atoms with Gasteiger partial charge in [-0.15, -0.1) is 0 Å². The molecule has 0 N–H and O–H groups in total. The SMILES string of the molecule is CC1(C)O[C@H]2O[C@H](COC(c3ccccc3)(c3ccccc3)c3ccccc3)C(=O)[C@H]2O1. The molecule has 2 aliphatic rings. The maximum atomic E-state index is 13.0. The van der Waals surface area contributed by atoms with E-state index in [2.05, 4.69) is 0 Å². The van der Waals surface area contributed by atoms with Crippen LogP contribution < -0.4 is 0 Å². The number of carbonyl (C=O) groups is 1. The number of fused-ring (bicyclic) bond motifs is 1. The maximum absolute atomic E-state index is 13.0. The van der Waals surface area contributed by atoms with Gasteiger partial charge in [-0.2, -0.15) is 0 Å². The van der Waals surface area contributed by atoms with Crippen molar-refractivity contribution >= 4 is 5.78 Å². The summed E-state index contributed by atoms with van der Waals surface area (Å²) in [5, 5.41) is 0. The van der Waals surface area contributed by atoms with Crippen LogP contribution in [0.25, 0.3) is 0 Å². The van der Waals surface area contributed by atoms with Gasteiger partial charge >= 0.3 is 0 Å². The molecule has 0 aliphatic carbocycles. The Balaban J connectivity index is 1.52. The molecular weight excluding hydrogens is 404 g/mol. The standard InChI is InChI=1S/C27H26O5/c1-26(2)31-24-23(28)22(30-25(24)32-26)18-29-27(19-12-6-3-7-13-19,20-14-8-4-9-15-20)21-16-10-5-11-17-21/h3-17,22,24-25H,18H2,1-2H3/t22-,24-,25-/m1/s1. The van der Waals surface area contributed by atoms with Crippen molar-refractivity contribution in [3.63, 3.8) is 0 Å². The van der Waals surface area contributed by atoms with Crippen LogP contribution in [0.4, 0.5) is 0 Å². The molecule has 0 aromatic heterocycles. The van der Waals surface area contributed by atoms with E-state index in [0.717, 1.165) is 16.7 Å². The minimum Gasteiger partial charge on any atom is -0.358 e. The molecule has 3 atom stereocenters. The summed E-state index contributed by atoms with van der Waals surface area (Å²) in [6, 6.07) is 30.1. The van der Waals surface area contributed by atoms with Crippen LogP contribution in [-0.4, -0.2) is 36.7 Å². The van der Waals surface area contributed by atoms with Gasteiger partial charge in [0.1, 0.15) is 11.7 Å². The number of carbonyl (C=O) groups excluding carboxylic acids is 1.